The second-order valence-electron chi connectivity index (χ2n) is 4.18. The van der Waals surface area contributed by atoms with Gasteiger partial charge < -0.3 is 9.47 Å². The second-order valence-corrected chi connectivity index (χ2v) is 4.49. The predicted octanol–water partition coefficient (Wildman–Crippen LogP) is 2.38. The van der Waals surface area contributed by atoms with Gasteiger partial charge in [0.05, 0.1) is 24.7 Å². The molecule has 82 valence electrons. The van der Waals surface area contributed by atoms with Crippen LogP contribution >= 0.6 is 12.6 Å². The van der Waals surface area contributed by atoms with Gasteiger partial charge in [-0.15, -0.1) is 0 Å². The van der Waals surface area contributed by atoms with E-state index in [2.05, 4.69) is 12.6 Å². The van der Waals surface area contributed by atoms with E-state index in [9.17, 15) is 0 Å². The van der Waals surface area contributed by atoms with Gasteiger partial charge in [0, 0.05) is 5.75 Å². The summed E-state index contributed by atoms with van der Waals surface area (Å²) in [6.07, 6.45) is 0.383. The summed E-state index contributed by atoms with van der Waals surface area (Å²) < 4.78 is 11.1. The maximum Gasteiger partial charge on any atom is 0.163 e. The molecule has 0 aliphatic carbocycles. The number of nitrogens with zero attached hydrogens (tertiary/aromatic N) is 1. The molecular weight excluding hydrogens is 198 g/mol. The standard InChI is InChI=1S/C10H19NO2S/c1-9(2,8-14)13-10(3,4)12-7-5-6-11/h14H,5,7-8H2,1-4H3. The Hall–Kier alpha value is -0.240. The molecule has 14 heavy (non-hydrogen) atoms. The number of hydrogen-bond donors (Lipinski definition) is 1. The number of ether oxygens (including phenoxy) is 2. The van der Waals surface area contributed by atoms with E-state index in [-0.39, 0.29) is 5.60 Å². The van der Waals surface area contributed by atoms with Crippen LogP contribution in [0.25, 0.3) is 0 Å². The Morgan fingerprint density at radius 3 is 2.29 bits per heavy atom. The van der Waals surface area contributed by atoms with Crippen LogP contribution in [0.15, 0.2) is 0 Å². The van der Waals surface area contributed by atoms with Crippen LogP contribution < -0.4 is 0 Å². The lowest BCUT2D eigenvalue weighted by atomic mass is 10.1. The molecule has 0 bridgehead atoms. The average Bonchev–Trinajstić information content (AvgIpc) is 2.03. The van der Waals surface area contributed by atoms with Crippen LogP contribution in [-0.2, 0) is 9.47 Å². The first-order valence-corrected chi connectivity index (χ1v) is 5.28. The Balaban J connectivity index is 4.01. The zero-order valence-electron chi connectivity index (χ0n) is 9.33. The highest BCUT2D eigenvalue weighted by atomic mass is 32.1. The highest BCUT2D eigenvalue weighted by Gasteiger charge is 2.28. The van der Waals surface area contributed by atoms with Crippen molar-refractivity contribution >= 4 is 12.6 Å². The molecule has 0 aromatic rings. The molecule has 0 aromatic carbocycles. The molecule has 3 nitrogen and oxygen atoms in total. The molecule has 0 aromatic heterocycles. The fourth-order valence-electron chi connectivity index (χ4n) is 1.07. The highest BCUT2D eigenvalue weighted by molar-refractivity contribution is 7.80. The number of thiol groups is 1. The van der Waals surface area contributed by atoms with Crippen molar-refractivity contribution < 1.29 is 9.47 Å². The van der Waals surface area contributed by atoms with Crippen LogP contribution in [0.5, 0.6) is 0 Å². The van der Waals surface area contributed by atoms with Crippen molar-refractivity contribution in [3.05, 3.63) is 0 Å². The Bertz CT molecular complexity index is 209. The molecule has 0 radical (unpaired) electrons. The van der Waals surface area contributed by atoms with E-state index < -0.39 is 5.79 Å². The number of nitriles is 1. The van der Waals surface area contributed by atoms with Crippen molar-refractivity contribution in [1.82, 2.24) is 0 Å². The van der Waals surface area contributed by atoms with Gasteiger partial charge in [-0.25, -0.2) is 0 Å². The predicted molar refractivity (Wildman–Crippen MR) is 59.3 cm³/mol. The van der Waals surface area contributed by atoms with Crippen molar-refractivity contribution in [2.75, 3.05) is 12.4 Å². The minimum absolute atomic E-state index is 0.320. The zero-order valence-corrected chi connectivity index (χ0v) is 10.2. The molecule has 0 unspecified atom stereocenters. The summed E-state index contributed by atoms with van der Waals surface area (Å²) in [5.41, 5.74) is -0.320. The molecule has 0 aliphatic rings. The minimum Gasteiger partial charge on any atom is -0.349 e. The van der Waals surface area contributed by atoms with Crippen LogP contribution in [0.3, 0.4) is 0 Å². The molecule has 0 fully saturated rings. The maximum atomic E-state index is 8.36. The minimum atomic E-state index is -0.664. The summed E-state index contributed by atoms with van der Waals surface area (Å²) in [6, 6.07) is 2.02. The van der Waals surface area contributed by atoms with Crippen LogP contribution in [0.2, 0.25) is 0 Å². The molecule has 0 heterocycles. The fraction of sp³-hybridized carbons (Fsp3) is 0.900. The molecule has 0 aliphatic heterocycles. The van der Waals surface area contributed by atoms with E-state index in [0.29, 0.717) is 18.8 Å². The van der Waals surface area contributed by atoms with Crippen LogP contribution in [-0.4, -0.2) is 23.7 Å². The molecule has 0 saturated carbocycles. The van der Waals surface area contributed by atoms with Crippen molar-refractivity contribution in [1.29, 1.82) is 5.26 Å². The maximum absolute atomic E-state index is 8.36. The number of rotatable bonds is 6. The molecule has 0 amide bonds. The van der Waals surface area contributed by atoms with Crippen molar-refractivity contribution in [3.8, 4) is 6.07 Å². The third-order valence-electron chi connectivity index (χ3n) is 1.57. The van der Waals surface area contributed by atoms with Gasteiger partial charge in [-0.3, -0.25) is 0 Å². The summed E-state index contributed by atoms with van der Waals surface area (Å²) in [5, 5.41) is 8.36. The summed E-state index contributed by atoms with van der Waals surface area (Å²) in [4.78, 5) is 0. The first kappa shape index (κ1) is 13.8. The Morgan fingerprint density at radius 1 is 1.29 bits per heavy atom. The summed E-state index contributed by atoms with van der Waals surface area (Å²) in [6.45, 7) is 7.99. The van der Waals surface area contributed by atoms with Gasteiger partial charge in [0.25, 0.3) is 0 Å². The lowest BCUT2D eigenvalue weighted by Crippen LogP contribution is -2.40. The van der Waals surface area contributed by atoms with Crippen LogP contribution in [0, 0.1) is 11.3 Å². The fourth-order valence-corrected chi connectivity index (χ4v) is 1.13. The summed E-state index contributed by atoms with van der Waals surface area (Å²) in [7, 11) is 0. The van der Waals surface area contributed by atoms with Crippen LogP contribution in [0.4, 0.5) is 0 Å². The van der Waals surface area contributed by atoms with Gasteiger partial charge in [0.15, 0.2) is 5.79 Å². The first-order chi connectivity index (χ1) is 6.33. The SMILES string of the molecule is CC(C)(CS)OC(C)(C)OCCC#N. The van der Waals surface area contributed by atoms with Gasteiger partial charge in [0.2, 0.25) is 0 Å². The Kier molecular flexibility index (Phi) is 5.50. The van der Waals surface area contributed by atoms with Crippen molar-refractivity contribution in [2.45, 2.75) is 45.5 Å². The first-order valence-electron chi connectivity index (χ1n) is 4.65. The molecule has 0 spiro atoms. The summed E-state index contributed by atoms with van der Waals surface area (Å²) >= 11 is 4.19. The monoisotopic (exact) mass is 217 g/mol. The third kappa shape index (κ3) is 6.25. The van der Waals surface area contributed by atoms with E-state index in [0.717, 1.165) is 0 Å². The second kappa shape index (κ2) is 5.59. The van der Waals surface area contributed by atoms with Gasteiger partial charge in [-0.05, 0) is 27.7 Å². The normalized spacial score (nSPS) is 12.6. The molecule has 4 heteroatoms. The average molecular weight is 217 g/mol. The third-order valence-corrected chi connectivity index (χ3v) is 2.33. The van der Waals surface area contributed by atoms with Gasteiger partial charge in [-0.2, -0.15) is 17.9 Å². The van der Waals surface area contributed by atoms with Gasteiger partial charge in [-0.1, -0.05) is 0 Å². The highest BCUT2D eigenvalue weighted by Crippen LogP contribution is 2.22. The Labute approximate surface area is 91.8 Å². The summed E-state index contributed by atoms with van der Waals surface area (Å²) in [5.74, 6) is -0.0406. The largest absolute Gasteiger partial charge is 0.349 e. The molecule has 0 rings (SSSR count). The van der Waals surface area contributed by atoms with Gasteiger partial charge in [0.1, 0.15) is 0 Å². The molecule has 0 atom stereocenters. The van der Waals surface area contributed by atoms with E-state index in [4.69, 9.17) is 14.7 Å². The molecule has 0 N–H and O–H groups in total. The topological polar surface area (TPSA) is 42.2 Å². The molecule has 0 saturated heterocycles. The number of hydrogen-bond acceptors (Lipinski definition) is 4. The quantitative estimate of drug-likeness (QED) is 0.422. The lowest BCUT2D eigenvalue weighted by Gasteiger charge is -2.34. The van der Waals surface area contributed by atoms with E-state index in [1.807, 2.05) is 33.8 Å². The van der Waals surface area contributed by atoms with Crippen molar-refractivity contribution in [2.24, 2.45) is 0 Å². The van der Waals surface area contributed by atoms with Gasteiger partial charge >= 0.3 is 0 Å². The van der Waals surface area contributed by atoms with Crippen LogP contribution in [0.1, 0.15) is 34.1 Å². The lowest BCUT2D eigenvalue weighted by molar-refractivity contribution is -0.255. The van der Waals surface area contributed by atoms with E-state index >= 15 is 0 Å². The van der Waals surface area contributed by atoms with E-state index in [1.165, 1.54) is 0 Å². The van der Waals surface area contributed by atoms with Crippen molar-refractivity contribution in [3.63, 3.8) is 0 Å². The Morgan fingerprint density at radius 2 is 1.86 bits per heavy atom. The van der Waals surface area contributed by atoms with E-state index in [1.54, 1.807) is 0 Å². The smallest absolute Gasteiger partial charge is 0.163 e. The molecular formula is C10H19NO2S. The zero-order chi connectivity index (χ0) is 11.2.